The number of esters is 1. The van der Waals surface area contributed by atoms with Gasteiger partial charge in [0.15, 0.2) is 17.4 Å². The van der Waals surface area contributed by atoms with Crippen LogP contribution in [-0.4, -0.2) is 181 Å². The fourth-order valence-electron chi connectivity index (χ4n) is 18.2. The van der Waals surface area contributed by atoms with Gasteiger partial charge in [0, 0.05) is 70.3 Å². The molecule has 16 saturated heterocycles. The van der Waals surface area contributed by atoms with Gasteiger partial charge in [-0.1, -0.05) is 40.9 Å². The molecule has 0 amide bonds. The van der Waals surface area contributed by atoms with E-state index in [2.05, 4.69) is 47.8 Å². The highest BCUT2D eigenvalue weighted by molar-refractivity contribution is 5.70. The molecular formula is C59H85NO17. The van der Waals surface area contributed by atoms with Crippen LogP contribution in [0, 0.1) is 23.7 Å². The van der Waals surface area contributed by atoms with Crippen molar-refractivity contribution >= 4 is 5.97 Å². The van der Waals surface area contributed by atoms with E-state index in [0.29, 0.717) is 70.6 Å². The van der Waals surface area contributed by atoms with Crippen LogP contribution in [0.15, 0.2) is 24.3 Å². The van der Waals surface area contributed by atoms with Crippen molar-refractivity contribution in [2.75, 3.05) is 6.54 Å². The lowest BCUT2D eigenvalue weighted by Gasteiger charge is -2.54. The van der Waals surface area contributed by atoms with Gasteiger partial charge in [0.2, 0.25) is 0 Å². The molecule has 18 heteroatoms. The van der Waals surface area contributed by atoms with E-state index >= 15 is 0 Å². The minimum atomic E-state index is -0.899. The smallest absolute Gasteiger partial charge is 0.308 e. The number of aliphatic hydroxyl groups excluding tert-OH is 1. The van der Waals surface area contributed by atoms with Crippen molar-refractivity contribution in [2.45, 2.75) is 307 Å². The Hall–Kier alpha value is -1.69. The van der Waals surface area contributed by atoms with Gasteiger partial charge >= 0.3 is 5.97 Å². The molecule has 0 saturated carbocycles. The Balaban J connectivity index is 0.672. The summed E-state index contributed by atoms with van der Waals surface area (Å²) in [6.07, 6.45) is 3.90. The Kier molecular flexibility index (Phi) is 12.8. The molecular weight excluding hydrogens is 995 g/mol. The van der Waals surface area contributed by atoms with Crippen LogP contribution in [0.2, 0.25) is 0 Å². The third-order valence-electron chi connectivity index (χ3n) is 21.9. The van der Waals surface area contributed by atoms with Crippen molar-refractivity contribution in [3.8, 4) is 0 Å². The average molecular weight is 1080 g/mol. The van der Waals surface area contributed by atoms with Crippen molar-refractivity contribution in [1.29, 1.82) is 0 Å². The summed E-state index contributed by atoms with van der Waals surface area (Å²) >= 11 is 0. The van der Waals surface area contributed by atoms with Crippen molar-refractivity contribution in [2.24, 2.45) is 29.4 Å². The van der Waals surface area contributed by atoms with Crippen molar-refractivity contribution < 1.29 is 81.0 Å². The lowest BCUT2D eigenvalue weighted by atomic mass is 9.78. The number of nitrogens with two attached hydrogens (primary N) is 1. The molecule has 0 aliphatic carbocycles. The van der Waals surface area contributed by atoms with Crippen LogP contribution in [0.4, 0.5) is 0 Å². The van der Waals surface area contributed by atoms with E-state index in [1.807, 2.05) is 0 Å². The van der Waals surface area contributed by atoms with Gasteiger partial charge < -0.3 is 81.9 Å². The molecule has 31 atom stereocenters. The van der Waals surface area contributed by atoms with E-state index < -0.39 is 65.7 Å². The Labute approximate surface area is 452 Å². The third kappa shape index (κ3) is 8.62. The molecule has 3 N–H and O–H groups in total. The Bertz CT molecular complexity index is 2330. The molecule has 12 bridgehead atoms. The molecule has 16 fully saturated rings. The molecule has 0 radical (unpaired) electrons. The van der Waals surface area contributed by atoms with Crippen LogP contribution in [-0.2, 0) is 75.8 Å². The quantitative estimate of drug-likeness (QED) is 0.245. The van der Waals surface area contributed by atoms with Crippen LogP contribution in [0.25, 0.3) is 0 Å². The van der Waals surface area contributed by atoms with Gasteiger partial charge in [-0.3, -0.25) is 4.79 Å². The monoisotopic (exact) mass is 1080 g/mol. The normalized spacial score (nSPS) is 59.6. The second-order valence-electron chi connectivity index (χ2n) is 27.3. The fourth-order valence-corrected chi connectivity index (χ4v) is 18.2. The number of hydrogen-bond acceptors (Lipinski definition) is 18. The highest BCUT2D eigenvalue weighted by Gasteiger charge is 2.74. The maximum Gasteiger partial charge on any atom is 0.308 e. The molecule has 1 unspecified atom stereocenters. The first-order chi connectivity index (χ1) is 36.9. The van der Waals surface area contributed by atoms with Gasteiger partial charge in [-0.2, -0.15) is 0 Å². The van der Waals surface area contributed by atoms with Crippen molar-refractivity contribution in [3.05, 3.63) is 24.3 Å². The molecule has 16 aliphatic rings. The summed E-state index contributed by atoms with van der Waals surface area (Å²) in [6.45, 7) is 20.3. The number of hydrogen-bond donors (Lipinski definition) is 2. The van der Waals surface area contributed by atoms with Gasteiger partial charge in [-0.15, -0.1) is 0 Å². The fraction of sp³-hybridized carbons (Fsp3) is 0.915. The average Bonchev–Trinajstić information content (AvgIpc) is 4.36. The minimum Gasteiger partial charge on any atom is -0.459 e. The summed E-state index contributed by atoms with van der Waals surface area (Å²) in [7, 11) is 0. The lowest BCUT2D eigenvalue weighted by molar-refractivity contribution is -0.370. The molecule has 0 aromatic carbocycles. The second kappa shape index (κ2) is 18.9. The summed E-state index contributed by atoms with van der Waals surface area (Å²) in [5.41, 5.74) is 7.46. The number of aliphatic hydroxyl groups is 1. The Morgan fingerprint density at radius 2 is 1.25 bits per heavy atom. The minimum absolute atomic E-state index is 0.0119. The molecule has 18 nitrogen and oxygen atoms in total. The van der Waals surface area contributed by atoms with Gasteiger partial charge in [-0.05, 0) is 80.8 Å². The first-order valence-electron chi connectivity index (χ1n) is 30.2. The predicted molar refractivity (Wildman–Crippen MR) is 270 cm³/mol. The van der Waals surface area contributed by atoms with Crippen molar-refractivity contribution in [1.82, 2.24) is 0 Å². The van der Waals surface area contributed by atoms with Gasteiger partial charge in [0.05, 0.1) is 116 Å². The highest BCUT2D eigenvalue weighted by Crippen LogP contribution is 2.60. The van der Waals surface area contributed by atoms with Gasteiger partial charge in [0.25, 0.3) is 0 Å². The standard InChI is InChI=1S/C59H85NO17/c1-26-14-32-8-10-36-27(2)15-34(63-36)12-13-57-24-45-54(77-57)56(7)55(69-45)53(76-57)52-37(71-56)11-9-33(65-52)16-47(62)70-51-31(6)50-41(66-40(51)18-38(64-32)30(26)5)19-39-43(67-50)22-59(72-39)23-44-49(75-59)29(4)21-58(74-44)20-28(3)48-42(73-58)17-35(61)46(25-60)68-48/h26,28-29,31-46,48-55,61H,2,5,8-25,60H2,1,3-4,6-7H3/t26-,28+,29+,31+,32+,33-,34+,35-,36+,37+,38-,39-,40+,41+,42+,43-,44+,45-,46-,48+,49+,50+,51-,52+,53+,54?,55+,56+,57-,58-,59+/m1/s1. The summed E-state index contributed by atoms with van der Waals surface area (Å²) in [4.78, 5) is 14.6. The Morgan fingerprint density at radius 3 is 2.09 bits per heavy atom. The van der Waals surface area contributed by atoms with Crippen LogP contribution < -0.4 is 5.73 Å². The largest absolute Gasteiger partial charge is 0.459 e. The molecule has 3 spiro atoms. The molecule has 0 aromatic heterocycles. The first kappa shape index (κ1) is 52.1. The van der Waals surface area contributed by atoms with E-state index in [1.165, 1.54) is 0 Å². The lowest BCUT2D eigenvalue weighted by Crippen LogP contribution is -2.66. The molecule has 77 heavy (non-hydrogen) atoms. The predicted octanol–water partition coefficient (Wildman–Crippen LogP) is 5.53. The number of fused-ring (bicyclic) bond motifs is 10. The molecule has 0 aromatic rings. The van der Waals surface area contributed by atoms with Crippen LogP contribution in [0.3, 0.4) is 0 Å². The third-order valence-corrected chi connectivity index (χ3v) is 21.9. The van der Waals surface area contributed by atoms with Crippen LogP contribution >= 0.6 is 0 Å². The topological polar surface area (TPSA) is 202 Å². The zero-order valence-corrected chi connectivity index (χ0v) is 45.8. The van der Waals surface area contributed by atoms with Crippen LogP contribution in [0.1, 0.15) is 144 Å². The zero-order chi connectivity index (χ0) is 52.7. The summed E-state index contributed by atoms with van der Waals surface area (Å²) < 4.78 is 104. The zero-order valence-electron chi connectivity index (χ0n) is 45.8. The molecule has 16 aliphatic heterocycles. The van der Waals surface area contributed by atoms with E-state index in [1.54, 1.807) is 0 Å². The van der Waals surface area contributed by atoms with E-state index in [9.17, 15) is 9.90 Å². The SMILES string of the molecule is C=C1C[C@@H]2CC[C@@]34C[C@H]5O[C@H]6[C@@H](O3)[C@H]3O[C@H](CC[C@@H]3O[C@@]6(C)C5O4)CC(=O)O[C@@H]3[C@@H](C)[C@@H]4O[C@@H]5C[C@]6(C[C@@H]7O[C@]8(C[C@H](C)[C@@H]9O[C@H](CN)[C@H](O)C[C@@H]9O8)C[C@H](C)[C@@H]7O6)O[C@@H]5C[C@@H]4O[C@H]3C[C@H]3O[C@@H](CC[C@@H]1O2)C[C@@H](C)C3=C. The first-order valence-corrected chi connectivity index (χ1v) is 30.2. The number of carbonyl (C=O) groups excluding carboxylic acids is 1. The van der Waals surface area contributed by atoms with E-state index in [0.717, 1.165) is 43.3 Å². The molecule has 16 heterocycles. The summed E-state index contributed by atoms with van der Waals surface area (Å²) in [5.74, 6) is -2.61. The van der Waals surface area contributed by atoms with Gasteiger partial charge in [0.1, 0.15) is 36.1 Å². The Morgan fingerprint density at radius 1 is 0.532 bits per heavy atom. The molecule has 16 rings (SSSR count). The maximum atomic E-state index is 14.6. The van der Waals surface area contributed by atoms with E-state index in [-0.39, 0.29) is 140 Å². The summed E-state index contributed by atoms with van der Waals surface area (Å²) in [5, 5.41) is 10.9. The number of carbonyl (C=O) groups is 1. The second-order valence-corrected chi connectivity index (χ2v) is 27.3. The van der Waals surface area contributed by atoms with Gasteiger partial charge in [-0.25, -0.2) is 0 Å². The van der Waals surface area contributed by atoms with Crippen LogP contribution in [0.5, 0.6) is 0 Å². The number of rotatable bonds is 1. The highest BCUT2D eigenvalue weighted by atomic mass is 16.8. The summed E-state index contributed by atoms with van der Waals surface area (Å²) in [6, 6.07) is 0. The van der Waals surface area contributed by atoms with E-state index in [4.69, 9.17) is 76.8 Å². The maximum absolute atomic E-state index is 14.6. The molecule has 428 valence electrons. The number of ether oxygens (including phenoxy) is 15. The van der Waals surface area contributed by atoms with Crippen molar-refractivity contribution in [3.63, 3.8) is 0 Å².